The van der Waals surface area contributed by atoms with Gasteiger partial charge in [0, 0.05) is 12.8 Å². The Bertz CT molecular complexity index is 1320. The number of methoxy groups -OCH3 is 2. The average molecular weight is 547 g/mol. The summed E-state index contributed by atoms with van der Waals surface area (Å²) < 4.78 is 54.8. The molecule has 12 nitrogen and oxygen atoms in total. The van der Waals surface area contributed by atoms with Gasteiger partial charge in [0.05, 0.1) is 37.9 Å². The first kappa shape index (κ1) is 27.7. The molecule has 0 saturated carbocycles. The first-order valence-electron chi connectivity index (χ1n) is 12.4. The molecule has 3 heterocycles. The second-order valence-electron chi connectivity index (χ2n) is 9.27. The Labute approximate surface area is 222 Å². The molecule has 3 aromatic rings. The van der Waals surface area contributed by atoms with Crippen LogP contribution in [-0.4, -0.2) is 65.3 Å². The van der Waals surface area contributed by atoms with Gasteiger partial charge >= 0.3 is 0 Å². The van der Waals surface area contributed by atoms with Gasteiger partial charge in [0.15, 0.2) is 5.82 Å². The molecule has 0 bridgehead atoms. The highest BCUT2D eigenvalue weighted by Crippen LogP contribution is 2.39. The maximum absolute atomic E-state index is 13.8. The van der Waals surface area contributed by atoms with Crippen LogP contribution in [0.5, 0.6) is 11.5 Å². The number of aromatic nitrogens is 5. The number of hydrogen-bond donors (Lipinski definition) is 1. The lowest BCUT2D eigenvalue weighted by molar-refractivity contribution is 0.00394. The maximum Gasteiger partial charge on any atom is 0.243 e. The molecule has 1 aliphatic heterocycles. The number of nitrogens with zero attached hydrogens (tertiary/aromatic N) is 5. The van der Waals surface area contributed by atoms with Crippen molar-refractivity contribution >= 4 is 16.0 Å². The zero-order valence-electron chi connectivity index (χ0n) is 22.4. The van der Waals surface area contributed by atoms with Crippen LogP contribution in [0.3, 0.4) is 0 Å². The highest BCUT2D eigenvalue weighted by Gasteiger charge is 2.36. The van der Waals surface area contributed by atoms with E-state index in [4.69, 9.17) is 18.9 Å². The van der Waals surface area contributed by atoms with Crippen molar-refractivity contribution in [3.8, 4) is 17.2 Å². The van der Waals surface area contributed by atoms with Crippen molar-refractivity contribution in [1.29, 1.82) is 0 Å². The average Bonchev–Trinajstić information content (AvgIpc) is 3.56. The van der Waals surface area contributed by atoms with E-state index in [2.05, 4.69) is 24.9 Å². The minimum Gasteiger partial charge on any atom is -0.494 e. The molecule has 13 heteroatoms. The van der Waals surface area contributed by atoms with Gasteiger partial charge < -0.3 is 18.9 Å². The van der Waals surface area contributed by atoms with Gasteiger partial charge in [0.1, 0.15) is 34.6 Å². The van der Waals surface area contributed by atoms with E-state index in [9.17, 15) is 8.42 Å². The van der Waals surface area contributed by atoms with Gasteiger partial charge in [-0.15, -0.1) is 10.2 Å². The standard InChI is InChI=1S/C25H34N6O6S/c1-15(2)37-23(18-14-26-16(3)13-27-18)17(4)38(32,33)30-25-29-28-24(21-11-8-12-36-21)31(25)22-19(34-5)9-7-10-20(22)35-6/h7,9-10,13-15,17,21,23H,8,11-12H2,1-6H3,(H,29,30)/t17?,21-,23?/m1/s1. The number of sulfonamides is 1. The van der Waals surface area contributed by atoms with Crippen LogP contribution >= 0.6 is 0 Å². The smallest absolute Gasteiger partial charge is 0.243 e. The third-order valence-electron chi connectivity index (χ3n) is 6.19. The highest BCUT2D eigenvalue weighted by molar-refractivity contribution is 7.93. The highest BCUT2D eigenvalue weighted by atomic mass is 32.2. The van der Waals surface area contributed by atoms with E-state index in [1.807, 2.05) is 13.8 Å². The lowest BCUT2D eigenvalue weighted by atomic mass is 10.2. The van der Waals surface area contributed by atoms with Gasteiger partial charge in [-0.2, -0.15) is 0 Å². The van der Waals surface area contributed by atoms with E-state index in [0.717, 1.165) is 12.8 Å². The van der Waals surface area contributed by atoms with Crippen LogP contribution < -0.4 is 14.2 Å². The Morgan fingerprint density at radius 1 is 1.08 bits per heavy atom. The fourth-order valence-corrected chi connectivity index (χ4v) is 5.37. The lowest BCUT2D eigenvalue weighted by Crippen LogP contribution is -2.34. The Kier molecular flexibility index (Phi) is 8.48. The summed E-state index contributed by atoms with van der Waals surface area (Å²) in [6, 6.07) is 5.28. The van der Waals surface area contributed by atoms with Crippen LogP contribution in [0.1, 0.15) is 63.0 Å². The molecule has 1 fully saturated rings. The number of ether oxygens (including phenoxy) is 4. The molecule has 38 heavy (non-hydrogen) atoms. The number of benzene rings is 1. The molecule has 4 rings (SSSR count). The van der Waals surface area contributed by atoms with Crippen molar-refractivity contribution in [2.24, 2.45) is 0 Å². The fraction of sp³-hybridized carbons (Fsp3) is 0.520. The number of hydrogen-bond acceptors (Lipinski definition) is 10. The maximum atomic E-state index is 13.8. The van der Waals surface area contributed by atoms with E-state index in [1.165, 1.54) is 20.4 Å². The van der Waals surface area contributed by atoms with Crippen LogP contribution in [0.25, 0.3) is 5.69 Å². The van der Waals surface area contributed by atoms with Crippen molar-refractivity contribution < 1.29 is 27.4 Å². The number of para-hydroxylation sites is 1. The van der Waals surface area contributed by atoms with E-state index in [0.29, 0.717) is 41.0 Å². The SMILES string of the molecule is COc1cccc(OC)c1-n1c(NS(=O)(=O)C(C)C(OC(C)C)c2cnc(C)cn2)nnc1[C@H]1CCCO1. The second-order valence-corrected chi connectivity index (χ2v) is 11.3. The monoisotopic (exact) mass is 546 g/mol. The number of aryl methyl sites for hydroxylation is 1. The van der Waals surface area contributed by atoms with E-state index in [-0.39, 0.29) is 18.2 Å². The number of anilines is 1. The molecule has 1 N–H and O–H groups in total. The minimum absolute atomic E-state index is 0.0246. The first-order valence-corrected chi connectivity index (χ1v) is 13.9. The fourth-order valence-electron chi connectivity index (χ4n) is 4.27. The molecule has 2 aromatic heterocycles. The Morgan fingerprint density at radius 3 is 2.34 bits per heavy atom. The quantitative estimate of drug-likeness (QED) is 0.380. The normalized spacial score (nSPS) is 17.4. The summed E-state index contributed by atoms with van der Waals surface area (Å²) in [5.41, 5.74) is 1.58. The van der Waals surface area contributed by atoms with Crippen LogP contribution in [-0.2, 0) is 19.5 Å². The molecule has 0 spiro atoms. The molecule has 1 saturated heterocycles. The van der Waals surface area contributed by atoms with Gasteiger partial charge in [0.25, 0.3) is 0 Å². The summed E-state index contributed by atoms with van der Waals surface area (Å²) in [4.78, 5) is 8.65. The van der Waals surface area contributed by atoms with Gasteiger partial charge in [-0.1, -0.05) is 6.07 Å². The molecule has 1 aliphatic rings. The molecule has 1 aromatic carbocycles. The van der Waals surface area contributed by atoms with Crippen molar-refractivity contribution in [3.63, 3.8) is 0 Å². The van der Waals surface area contributed by atoms with Crippen molar-refractivity contribution in [2.75, 3.05) is 25.5 Å². The summed E-state index contributed by atoms with van der Waals surface area (Å²) in [5.74, 6) is 1.32. The number of nitrogens with one attached hydrogen (secondary N) is 1. The molecular weight excluding hydrogens is 512 g/mol. The lowest BCUT2D eigenvalue weighted by Gasteiger charge is -2.26. The molecule has 3 atom stereocenters. The van der Waals surface area contributed by atoms with Gasteiger partial charge in [0.2, 0.25) is 16.0 Å². The molecular formula is C25H34N6O6S. The Balaban J connectivity index is 1.78. The van der Waals surface area contributed by atoms with E-state index in [1.54, 1.807) is 42.8 Å². The molecule has 2 unspecified atom stereocenters. The van der Waals surface area contributed by atoms with Gasteiger partial charge in [-0.05, 0) is 52.7 Å². The Hall–Kier alpha value is -3.29. The number of rotatable bonds is 11. The Morgan fingerprint density at radius 2 is 1.79 bits per heavy atom. The van der Waals surface area contributed by atoms with Crippen LogP contribution in [0, 0.1) is 6.92 Å². The van der Waals surface area contributed by atoms with Crippen LogP contribution in [0.2, 0.25) is 0 Å². The molecule has 0 radical (unpaired) electrons. The second kappa shape index (κ2) is 11.6. The summed E-state index contributed by atoms with van der Waals surface area (Å²) >= 11 is 0. The van der Waals surface area contributed by atoms with E-state index >= 15 is 0 Å². The predicted molar refractivity (Wildman–Crippen MR) is 140 cm³/mol. The molecule has 206 valence electrons. The third-order valence-corrected chi connectivity index (χ3v) is 7.88. The van der Waals surface area contributed by atoms with Crippen molar-refractivity contribution in [3.05, 3.63) is 47.8 Å². The van der Waals surface area contributed by atoms with Gasteiger partial charge in [-0.3, -0.25) is 19.3 Å². The van der Waals surface area contributed by atoms with Crippen LogP contribution in [0.15, 0.2) is 30.6 Å². The van der Waals surface area contributed by atoms with Gasteiger partial charge in [-0.25, -0.2) is 8.42 Å². The van der Waals surface area contributed by atoms with E-state index < -0.39 is 21.4 Å². The van der Waals surface area contributed by atoms with Crippen molar-refractivity contribution in [2.45, 2.75) is 64.1 Å². The molecule has 0 amide bonds. The summed E-state index contributed by atoms with van der Waals surface area (Å²) in [6.07, 6.45) is 3.18. The zero-order chi connectivity index (χ0) is 27.4. The third kappa shape index (κ3) is 5.74. The largest absolute Gasteiger partial charge is 0.494 e. The minimum atomic E-state index is -4.08. The summed E-state index contributed by atoms with van der Waals surface area (Å²) in [7, 11) is -1.04. The molecule has 0 aliphatic carbocycles. The van der Waals surface area contributed by atoms with Crippen LogP contribution in [0.4, 0.5) is 5.95 Å². The zero-order valence-corrected chi connectivity index (χ0v) is 23.2. The summed E-state index contributed by atoms with van der Waals surface area (Å²) in [5, 5.41) is 7.49. The topological polar surface area (TPSA) is 140 Å². The first-order chi connectivity index (χ1) is 18.2. The summed E-state index contributed by atoms with van der Waals surface area (Å²) in [6.45, 7) is 7.61. The van der Waals surface area contributed by atoms with Crippen molar-refractivity contribution in [1.82, 2.24) is 24.7 Å². The predicted octanol–water partition coefficient (Wildman–Crippen LogP) is 3.53.